The molecule has 1 aliphatic carbocycles. The number of benzene rings is 2. The van der Waals surface area contributed by atoms with Gasteiger partial charge in [0.2, 0.25) is 0 Å². The zero-order chi connectivity index (χ0) is 19.4. The maximum atomic E-state index is 12.3. The molecule has 0 unspecified atom stereocenters. The Bertz CT molecular complexity index is 859. The van der Waals surface area contributed by atoms with Crippen LogP contribution in [0, 0.1) is 13.8 Å². The Balaban J connectivity index is 1.48. The van der Waals surface area contributed by atoms with Gasteiger partial charge in [0.25, 0.3) is 5.91 Å². The summed E-state index contributed by atoms with van der Waals surface area (Å²) in [6.07, 6.45) is 2.41. The first-order valence-electron chi connectivity index (χ1n) is 9.24. The second-order valence-corrected chi connectivity index (χ2v) is 7.01. The highest BCUT2D eigenvalue weighted by atomic mass is 16.6. The largest absolute Gasteiger partial charge is 0.482 e. The van der Waals surface area contributed by atoms with Crippen LogP contribution in [0.1, 0.15) is 35.6 Å². The normalized spacial score (nSPS) is 13.6. The first-order chi connectivity index (χ1) is 12.9. The highest BCUT2D eigenvalue weighted by Crippen LogP contribution is 2.26. The second kappa shape index (κ2) is 8.25. The number of fused-ring (bicyclic) bond motifs is 1. The molecule has 1 aliphatic rings. The fraction of sp³-hybridized carbons (Fsp3) is 0.364. The fourth-order valence-corrected chi connectivity index (χ4v) is 3.25. The Hall–Kier alpha value is -2.82. The van der Waals surface area contributed by atoms with E-state index in [1.54, 1.807) is 6.92 Å². The molecule has 1 atom stereocenters. The second-order valence-electron chi connectivity index (χ2n) is 7.01. The van der Waals surface area contributed by atoms with Gasteiger partial charge in [-0.2, -0.15) is 0 Å². The van der Waals surface area contributed by atoms with E-state index in [1.165, 1.54) is 11.1 Å². The first-order valence-corrected chi connectivity index (χ1v) is 9.24. The van der Waals surface area contributed by atoms with E-state index in [0.717, 1.165) is 30.4 Å². The molecule has 1 N–H and O–H groups in total. The SMILES string of the molecule is Cc1ccc(NC(=O)[C@@H](C)OC(=O)COc2ccc3c(c2)CCC3)c(C)c1. The number of amides is 1. The van der Waals surface area contributed by atoms with Crippen molar-refractivity contribution in [3.05, 3.63) is 58.7 Å². The van der Waals surface area contributed by atoms with Crippen molar-refractivity contribution in [2.75, 3.05) is 11.9 Å². The Labute approximate surface area is 159 Å². The summed E-state index contributed by atoms with van der Waals surface area (Å²) in [5.74, 6) is -0.286. The van der Waals surface area contributed by atoms with Crippen molar-refractivity contribution in [2.24, 2.45) is 0 Å². The van der Waals surface area contributed by atoms with Gasteiger partial charge in [-0.05, 0) is 74.9 Å². The van der Waals surface area contributed by atoms with Crippen LogP contribution in [0.15, 0.2) is 36.4 Å². The summed E-state index contributed by atoms with van der Waals surface area (Å²) in [6.45, 7) is 5.24. The van der Waals surface area contributed by atoms with Gasteiger partial charge >= 0.3 is 5.97 Å². The molecule has 2 aromatic rings. The third-order valence-corrected chi connectivity index (χ3v) is 4.74. The molecule has 3 rings (SSSR count). The third kappa shape index (κ3) is 4.88. The number of esters is 1. The topological polar surface area (TPSA) is 64.6 Å². The van der Waals surface area contributed by atoms with Gasteiger partial charge in [0.15, 0.2) is 12.7 Å². The minimum atomic E-state index is -0.901. The number of hydrogen-bond acceptors (Lipinski definition) is 4. The Morgan fingerprint density at radius 1 is 1.07 bits per heavy atom. The van der Waals surface area contributed by atoms with Crippen molar-refractivity contribution in [2.45, 2.75) is 46.1 Å². The number of carbonyl (C=O) groups excluding carboxylic acids is 2. The third-order valence-electron chi connectivity index (χ3n) is 4.74. The number of rotatable bonds is 6. The average Bonchev–Trinajstić information content (AvgIpc) is 3.10. The molecule has 5 heteroatoms. The molecule has 0 saturated carbocycles. The summed E-state index contributed by atoms with van der Waals surface area (Å²) in [5.41, 5.74) is 5.42. The van der Waals surface area contributed by atoms with E-state index < -0.39 is 12.1 Å². The van der Waals surface area contributed by atoms with Crippen LogP contribution in [0.4, 0.5) is 5.69 Å². The molecule has 27 heavy (non-hydrogen) atoms. The fourth-order valence-electron chi connectivity index (χ4n) is 3.25. The lowest BCUT2D eigenvalue weighted by molar-refractivity contribution is -0.155. The van der Waals surface area contributed by atoms with Crippen molar-refractivity contribution in [1.82, 2.24) is 0 Å². The van der Waals surface area contributed by atoms with E-state index in [-0.39, 0.29) is 12.5 Å². The highest BCUT2D eigenvalue weighted by molar-refractivity contribution is 5.95. The maximum Gasteiger partial charge on any atom is 0.344 e. The lowest BCUT2D eigenvalue weighted by atomic mass is 10.1. The van der Waals surface area contributed by atoms with Crippen molar-refractivity contribution in [1.29, 1.82) is 0 Å². The van der Waals surface area contributed by atoms with Gasteiger partial charge in [0.05, 0.1) is 0 Å². The van der Waals surface area contributed by atoms with E-state index in [4.69, 9.17) is 9.47 Å². The summed E-state index contributed by atoms with van der Waals surface area (Å²) >= 11 is 0. The van der Waals surface area contributed by atoms with Gasteiger partial charge < -0.3 is 14.8 Å². The molecular formula is C22H25NO4. The Morgan fingerprint density at radius 3 is 2.63 bits per heavy atom. The van der Waals surface area contributed by atoms with E-state index in [0.29, 0.717) is 11.4 Å². The van der Waals surface area contributed by atoms with Crippen LogP contribution in [0.2, 0.25) is 0 Å². The number of nitrogens with one attached hydrogen (secondary N) is 1. The van der Waals surface area contributed by atoms with Crippen molar-refractivity contribution < 1.29 is 19.1 Å². The van der Waals surface area contributed by atoms with Crippen LogP contribution in [0.5, 0.6) is 5.75 Å². The summed E-state index contributed by atoms with van der Waals surface area (Å²) in [7, 11) is 0. The molecule has 0 heterocycles. The summed E-state index contributed by atoms with van der Waals surface area (Å²) < 4.78 is 10.7. The molecule has 0 fully saturated rings. The first kappa shape index (κ1) is 19.0. The molecule has 2 aromatic carbocycles. The van der Waals surface area contributed by atoms with Crippen molar-refractivity contribution >= 4 is 17.6 Å². The minimum absolute atomic E-state index is 0.222. The van der Waals surface area contributed by atoms with E-state index in [1.807, 2.05) is 50.2 Å². The Kier molecular flexibility index (Phi) is 5.79. The van der Waals surface area contributed by atoms with Gasteiger partial charge in [-0.3, -0.25) is 4.79 Å². The molecule has 0 radical (unpaired) electrons. The lowest BCUT2D eigenvalue weighted by Gasteiger charge is -2.15. The van der Waals surface area contributed by atoms with Crippen LogP contribution < -0.4 is 10.1 Å². The quantitative estimate of drug-likeness (QED) is 0.790. The molecule has 0 saturated heterocycles. The van der Waals surface area contributed by atoms with Gasteiger partial charge in [0.1, 0.15) is 5.75 Å². The Morgan fingerprint density at radius 2 is 1.85 bits per heavy atom. The van der Waals surface area contributed by atoms with Gasteiger partial charge in [-0.15, -0.1) is 0 Å². The molecule has 5 nitrogen and oxygen atoms in total. The highest BCUT2D eigenvalue weighted by Gasteiger charge is 2.19. The summed E-state index contributed by atoms with van der Waals surface area (Å²) in [6, 6.07) is 11.6. The number of anilines is 1. The molecule has 0 spiro atoms. The minimum Gasteiger partial charge on any atom is -0.482 e. The van der Waals surface area contributed by atoms with Crippen LogP contribution in [-0.4, -0.2) is 24.6 Å². The van der Waals surface area contributed by atoms with Crippen LogP contribution in [-0.2, 0) is 27.2 Å². The van der Waals surface area contributed by atoms with Crippen LogP contribution in [0.3, 0.4) is 0 Å². The van der Waals surface area contributed by atoms with Gasteiger partial charge in [-0.1, -0.05) is 23.8 Å². The molecule has 142 valence electrons. The standard InChI is InChI=1S/C22H25NO4/c1-14-7-10-20(15(2)11-14)23-22(25)16(3)27-21(24)13-26-19-9-8-17-5-4-6-18(17)12-19/h7-12,16H,4-6,13H2,1-3H3,(H,23,25)/t16-/m1/s1. The van der Waals surface area contributed by atoms with E-state index in [2.05, 4.69) is 5.32 Å². The molecular weight excluding hydrogens is 342 g/mol. The lowest BCUT2D eigenvalue weighted by Crippen LogP contribution is -2.31. The molecule has 0 bridgehead atoms. The summed E-state index contributed by atoms with van der Waals surface area (Å²) in [4.78, 5) is 24.3. The van der Waals surface area contributed by atoms with E-state index in [9.17, 15) is 9.59 Å². The predicted octanol–water partition coefficient (Wildman–Crippen LogP) is 3.74. The number of carbonyl (C=O) groups is 2. The maximum absolute atomic E-state index is 12.3. The monoisotopic (exact) mass is 367 g/mol. The summed E-state index contributed by atoms with van der Waals surface area (Å²) in [5, 5.41) is 2.79. The van der Waals surface area contributed by atoms with Crippen molar-refractivity contribution in [3.63, 3.8) is 0 Å². The van der Waals surface area contributed by atoms with Crippen molar-refractivity contribution in [3.8, 4) is 5.75 Å². The van der Waals surface area contributed by atoms with Gasteiger partial charge in [0, 0.05) is 5.69 Å². The van der Waals surface area contributed by atoms with Crippen LogP contribution in [0.25, 0.3) is 0 Å². The number of ether oxygens (including phenoxy) is 2. The molecule has 1 amide bonds. The number of hydrogen-bond donors (Lipinski definition) is 1. The zero-order valence-electron chi connectivity index (χ0n) is 16.0. The average molecular weight is 367 g/mol. The zero-order valence-corrected chi connectivity index (χ0v) is 16.0. The van der Waals surface area contributed by atoms with E-state index >= 15 is 0 Å². The number of aryl methyl sites for hydroxylation is 4. The van der Waals surface area contributed by atoms with Crippen LogP contribution >= 0.6 is 0 Å². The van der Waals surface area contributed by atoms with Gasteiger partial charge in [-0.25, -0.2) is 4.79 Å². The molecule has 0 aliphatic heterocycles. The smallest absolute Gasteiger partial charge is 0.344 e. The predicted molar refractivity (Wildman–Crippen MR) is 104 cm³/mol. The molecule has 0 aromatic heterocycles.